The summed E-state index contributed by atoms with van der Waals surface area (Å²) >= 11 is 1.12. The van der Waals surface area contributed by atoms with Gasteiger partial charge in [-0.2, -0.15) is 0 Å². The van der Waals surface area contributed by atoms with E-state index in [0.717, 1.165) is 11.3 Å². The lowest BCUT2D eigenvalue weighted by Gasteiger charge is -2.31. The van der Waals surface area contributed by atoms with E-state index in [1.54, 1.807) is 23.6 Å². The van der Waals surface area contributed by atoms with Crippen LogP contribution in [-0.2, 0) is 28.9 Å². The highest BCUT2D eigenvalue weighted by atomic mass is 32.2. The van der Waals surface area contributed by atoms with Crippen LogP contribution in [0.2, 0.25) is 0 Å². The Labute approximate surface area is 170 Å². The molecule has 1 aliphatic rings. The van der Waals surface area contributed by atoms with Gasteiger partial charge in [-0.05, 0) is 23.6 Å². The number of fused-ring (bicyclic) bond motifs is 1. The van der Waals surface area contributed by atoms with Gasteiger partial charge in [-0.3, -0.25) is 14.3 Å². The van der Waals surface area contributed by atoms with Crippen molar-refractivity contribution >= 4 is 43.8 Å². The second-order valence-electron chi connectivity index (χ2n) is 6.72. The summed E-state index contributed by atoms with van der Waals surface area (Å²) in [4.78, 5) is 26.5. The largest absolute Gasteiger partial charge is 0.378 e. The number of thiophene rings is 1. The first-order chi connectivity index (χ1) is 13.8. The van der Waals surface area contributed by atoms with Crippen molar-refractivity contribution in [2.24, 2.45) is 14.1 Å². The summed E-state index contributed by atoms with van der Waals surface area (Å²) in [6.45, 7) is 2.20. The molecule has 0 saturated carbocycles. The molecule has 0 spiro atoms. The molecule has 1 fully saturated rings. The van der Waals surface area contributed by atoms with E-state index in [-0.39, 0.29) is 4.21 Å². The molecule has 2 aromatic heterocycles. The zero-order valence-electron chi connectivity index (χ0n) is 15.9. The van der Waals surface area contributed by atoms with E-state index in [2.05, 4.69) is 4.72 Å². The minimum absolute atomic E-state index is 0.194. The van der Waals surface area contributed by atoms with Crippen LogP contribution in [0.3, 0.4) is 0 Å². The van der Waals surface area contributed by atoms with Crippen molar-refractivity contribution in [1.29, 1.82) is 0 Å². The Morgan fingerprint density at radius 2 is 1.66 bits per heavy atom. The lowest BCUT2D eigenvalue weighted by molar-refractivity contribution is 0.123. The molecular formula is C18H20N4O5S2. The molecule has 9 nitrogen and oxygen atoms in total. The fourth-order valence-electron chi connectivity index (χ4n) is 3.37. The molecule has 0 amide bonds. The first-order valence-electron chi connectivity index (χ1n) is 8.92. The molecule has 4 rings (SSSR count). The first-order valence-corrected chi connectivity index (χ1v) is 11.3. The second-order valence-corrected chi connectivity index (χ2v) is 9.58. The molecule has 3 heterocycles. The van der Waals surface area contributed by atoms with Crippen LogP contribution >= 0.6 is 11.3 Å². The number of morpholine rings is 1. The Morgan fingerprint density at radius 3 is 2.24 bits per heavy atom. The van der Waals surface area contributed by atoms with E-state index in [9.17, 15) is 18.0 Å². The van der Waals surface area contributed by atoms with E-state index >= 15 is 0 Å². The molecule has 0 aliphatic carbocycles. The van der Waals surface area contributed by atoms with Crippen LogP contribution < -0.4 is 20.7 Å². The van der Waals surface area contributed by atoms with Gasteiger partial charge in [0.05, 0.1) is 35.6 Å². The molecule has 0 atom stereocenters. The van der Waals surface area contributed by atoms with E-state index in [1.165, 1.54) is 29.3 Å². The number of nitrogens with one attached hydrogen (secondary N) is 1. The SMILES string of the molecule is Cn1c(=O)c(=O)n(C)c2cc(N3CCOCC3)c(NS(=O)(=O)c3cccs3)cc21. The van der Waals surface area contributed by atoms with Gasteiger partial charge in [-0.15, -0.1) is 11.3 Å². The molecule has 1 saturated heterocycles. The molecule has 0 bridgehead atoms. The van der Waals surface area contributed by atoms with Gasteiger partial charge in [-0.25, -0.2) is 8.42 Å². The zero-order chi connectivity index (χ0) is 20.8. The third-order valence-corrected chi connectivity index (χ3v) is 7.73. The van der Waals surface area contributed by atoms with Crippen LogP contribution in [0.5, 0.6) is 0 Å². The maximum atomic E-state index is 12.8. The van der Waals surface area contributed by atoms with Gasteiger partial charge in [0.15, 0.2) is 0 Å². The molecule has 1 aromatic carbocycles. The van der Waals surface area contributed by atoms with Gasteiger partial charge in [0.2, 0.25) is 0 Å². The van der Waals surface area contributed by atoms with Crippen molar-refractivity contribution in [2.45, 2.75) is 4.21 Å². The summed E-state index contributed by atoms with van der Waals surface area (Å²) in [5.41, 5.74) is 0.665. The van der Waals surface area contributed by atoms with E-state index in [0.29, 0.717) is 48.7 Å². The van der Waals surface area contributed by atoms with Gasteiger partial charge in [0, 0.05) is 27.2 Å². The summed E-state index contributed by atoms with van der Waals surface area (Å²) in [7, 11) is -0.756. The predicted molar refractivity (Wildman–Crippen MR) is 113 cm³/mol. The van der Waals surface area contributed by atoms with Crippen molar-refractivity contribution in [3.05, 3.63) is 50.4 Å². The highest BCUT2D eigenvalue weighted by Crippen LogP contribution is 2.33. The Morgan fingerprint density at radius 1 is 1.03 bits per heavy atom. The summed E-state index contributed by atoms with van der Waals surface area (Å²) < 4.78 is 36.5. The van der Waals surface area contributed by atoms with Crippen LogP contribution in [0.15, 0.2) is 43.4 Å². The number of hydrogen-bond donors (Lipinski definition) is 1. The molecule has 154 valence electrons. The van der Waals surface area contributed by atoms with Crippen molar-refractivity contribution in [1.82, 2.24) is 9.13 Å². The van der Waals surface area contributed by atoms with Crippen LogP contribution in [0.25, 0.3) is 11.0 Å². The van der Waals surface area contributed by atoms with E-state index < -0.39 is 21.1 Å². The highest BCUT2D eigenvalue weighted by molar-refractivity contribution is 7.94. The molecule has 3 aromatic rings. The predicted octanol–water partition coefficient (Wildman–Crippen LogP) is 0.936. The Kier molecular flexibility index (Phi) is 4.97. The fourth-order valence-corrected chi connectivity index (χ4v) is 5.43. The normalized spacial score (nSPS) is 15.0. The van der Waals surface area contributed by atoms with Gasteiger partial charge >= 0.3 is 11.1 Å². The van der Waals surface area contributed by atoms with Crippen molar-refractivity contribution < 1.29 is 13.2 Å². The quantitative estimate of drug-likeness (QED) is 0.611. The molecule has 0 unspecified atom stereocenters. The van der Waals surface area contributed by atoms with Gasteiger partial charge < -0.3 is 18.8 Å². The van der Waals surface area contributed by atoms with E-state index in [4.69, 9.17) is 4.74 Å². The van der Waals surface area contributed by atoms with Crippen LogP contribution in [0.4, 0.5) is 11.4 Å². The van der Waals surface area contributed by atoms with Crippen LogP contribution in [0, 0.1) is 0 Å². The number of ether oxygens (including phenoxy) is 1. The summed E-state index contributed by atoms with van der Waals surface area (Å²) in [6, 6.07) is 6.55. The number of rotatable bonds is 4. The molecule has 1 N–H and O–H groups in total. The summed E-state index contributed by atoms with van der Waals surface area (Å²) in [6.07, 6.45) is 0. The highest BCUT2D eigenvalue weighted by Gasteiger charge is 2.23. The number of benzene rings is 1. The third-order valence-electron chi connectivity index (χ3n) is 4.96. The summed E-state index contributed by atoms with van der Waals surface area (Å²) in [5, 5.41) is 1.69. The lowest BCUT2D eigenvalue weighted by atomic mass is 10.2. The number of sulfonamides is 1. The standard InChI is InChI=1S/C18H20N4O5S2/c1-20-14-10-12(19-29(25,26)16-4-3-9-28-16)13(22-5-7-27-8-6-22)11-15(14)21(2)18(24)17(20)23/h3-4,9-11,19H,5-8H2,1-2H3. The fraction of sp³-hybridized carbons (Fsp3) is 0.333. The zero-order valence-corrected chi connectivity index (χ0v) is 17.5. The minimum Gasteiger partial charge on any atom is -0.378 e. The number of nitrogens with zero attached hydrogens (tertiary/aromatic N) is 3. The van der Waals surface area contributed by atoms with Crippen LogP contribution in [-0.4, -0.2) is 43.9 Å². The number of hydrogen-bond acceptors (Lipinski definition) is 7. The Balaban J connectivity index is 1.95. The number of aromatic nitrogens is 2. The Hall–Kier alpha value is -2.63. The second kappa shape index (κ2) is 7.32. The van der Waals surface area contributed by atoms with Crippen molar-refractivity contribution in [2.75, 3.05) is 35.9 Å². The number of anilines is 2. The van der Waals surface area contributed by atoms with Crippen molar-refractivity contribution in [3.8, 4) is 0 Å². The lowest BCUT2D eigenvalue weighted by Crippen LogP contribution is -2.40. The minimum atomic E-state index is -3.79. The Bertz CT molecular complexity index is 1290. The van der Waals surface area contributed by atoms with Crippen LogP contribution in [0.1, 0.15) is 0 Å². The monoisotopic (exact) mass is 436 g/mol. The van der Waals surface area contributed by atoms with Crippen molar-refractivity contribution in [3.63, 3.8) is 0 Å². The van der Waals surface area contributed by atoms with Gasteiger partial charge in [0.1, 0.15) is 4.21 Å². The van der Waals surface area contributed by atoms with E-state index in [1.807, 2.05) is 4.90 Å². The molecular weight excluding hydrogens is 416 g/mol. The molecule has 1 aliphatic heterocycles. The average Bonchev–Trinajstić information content (AvgIpc) is 3.27. The molecule has 0 radical (unpaired) electrons. The third kappa shape index (κ3) is 3.45. The smallest absolute Gasteiger partial charge is 0.316 e. The van der Waals surface area contributed by atoms with Gasteiger partial charge in [0.25, 0.3) is 10.0 Å². The first kappa shape index (κ1) is 19.7. The molecule has 29 heavy (non-hydrogen) atoms. The van der Waals surface area contributed by atoms with Gasteiger partial charge in [-0.1, -0.05) is 6.07 Å². The maximum absolute atomic E-state index is 12.8. The topological polar surface area (TPSA) is 103 Å². The number of aryl methyl sites for hydroxylation is 2. The molecule has 11 heteroatoms. The summed E-state index contributed by atoms with van der Waals surface area (Å²) in [5.74, 6) is 0. The maximum Gasteiger partial charge on any atom is 0.316 e. The average molecular weight is 437 g/mol.